The Morgan fingerprint density at radius 3 is 3.00 bits per heavy atom. The summed E-state index contributed by atoms with van der Waals surface area (Å²) in [5, 5.41) is 3.67. The molecule has 0 heterocycles. The first-order chi connectivity index (χ1) is 6.26. The van der Waals surface area contributed by atoms with E-state index in [2.05, 4.69) is 11.6 Å². The van der Waals surface area contributed by atoms with E-state index in [4.69, 9.17) is 11.6 Å². The Morgan fingerprint density at radius 2 is 2.38 bits per heavy atom. The number of carbonyl (C=O) groups is 1. The highest BCUT2D eigenvalue weighted by Gasteiger charge is 2.21. The van der Waals surface area contributed by atoms with Gasteiger partial charge in [-0.15, -0.1) is 11.6 Å². The monoisotopic (exact) mass is 221 g/mol. The fraction of sp³-hybridized carbons (Fsp3) is 0.889. The van der Waals surface area contributed by atoms with E-state index in [9.17, 15) is 4.79 Å². The predicted molar refractivity (Wildman–Crippen MR) is 58.4 cm³/mol. The average molecular weight is 222 g/mol. The zero-order valence-corrected chi connectivity index (χ0v) is 9.46. The molecule has 13 heavy (non-hydrogen) atoms. The third kappa shape index (κ3) is 3.77. The number of rotatable bonds is 3. The quantitative estimate of drug-likeness (QED) is 0.739. The Bertz CT molecular complexity index is 177. The Kier molecular flexibility index (Phi) is 4.96. The molecule has 2 unspecified atom stereocenters. The van der Waals surface area contributed by atoms with Gasteiger partial charge in [-0.25, -0.2) is 0 Å². The maximum atomic E-state index is 11.0. The molecule has 1 amide bonds. The first-order valence-electron chi connectivity index (χ1n) is 4.64. The summed E-state index contributed by atoms with van der Waals surface area (Å²) in [7, 11) is 0. The fourth-order valence-electron chi connectivity index (χ4n) is 1.76. The van der Waals surface area contributed by atoms with Crippen LogP contribution in [-0.2, 0) is 4.79 Å². The lowest BCUT2D eigenvalue weighted by Crippen LogP contribution is -2.39. The van der Waals surface area contributed by atoms with Crippen molar-refractivity contribution in [1.29, 1.82) is 0 Å². The third-order valence-corrected chi connectivity index (χ3v) is 3.78. The van der Waals surface area contributed by atoms with E-state index in [0.717, 1.165) is 18.1 Å². The molecule has 76 valence electrons. The van der Waals surface area contributed by atoms with Crippen molar-refractivity contribution in [3.05, 3.63) is 0 Å². The van der Waals surface area contributed by atoms with E-state index < -0.39 is 0 Å². The summed E-state index contributed by atoms with van der Waals surface area (Å²) in [6, 6.07) is 0.359. The second-order valence-electron chi connectivity index (χ2n) is 3.42. The summed E-state index contributed by atoms with van der Waals surface area (Å²) in [6.07, 6.45) is 6.85. The van der Waals surface area contributed by atoms with Crippen LogP contribution in [0.5, 0.6) is 0 Å². The predicted octanol–water partition coefficient (Wildman–Crippen LogP) is 2.02. The minimum Gasteiger partial charge on any atom is -0.352 e. The molecule has 0 aliphatic heterocycles. The van der Waals surface area contributed by atoms with Crippen molar-refractivity contribution < 1.29 is 4.79 Å². The van der Waals surface area contributed by atoms with Crippen molar-refractivity contribution in [3.8, 4) is 0 Å². The second kappa shape index (κ2) is 5.76. The highest BCUT2D eigenvalue weighted by atomic mass is 35.5. The van der Waals surface area contributed by atoms with Gasteiger partial charge in [0.1, 0.15) is 5.88 Å². The van der Waals surface area contributed by atoms with Crippen LogP contribution in [0.15, 0.2) is 0 Å². The highest BCUT2D eigenvalue weighted by molar-refractivity contribution is 7.99. The van der Waals surface area contributed by atoms with Crippen molar-refractivity contribution in [3.63, 3.8) is 0 Å². The molecule has 1 fully saturated rings. The van der Waals surface area contributed by atoms with Crippen LogP contribution in [0.3, 0.4) is 0 Å². The van der Waals surface area contributed by atoms with E-state index in [1.54, 1.807) is 0 Å². The molecule has 2 nitrogen and oxygen atoms in total. The molecule has 1 aliphatic rings. The van der Waals surface area contributed by atoms with Crippen molar-refractivity contribution in [1.82, 2.24) is 5.32 Å². The maximum Gasteiger partial charge on any atom is 0.235 e. The van der Waals surface area contributed by atoms with Gasteiger partial charge in [-0.3, -0.25) is 4.79 Å². The van der Waals surface area contributed by atoms with Crippen LogP contribution in [0.4, 0.5) is 0 Å². The minimum atomic E-state index is -0.0339. The number of carbonyl (C=O) groups excluding carboxylic acids is 1. The number of halogens is 1. The lowest BCUT2D eigenvalue weighted by atomic mass is 9.95. The average Bonchev–Trinajstić information content (AvgIpc) is 2.18. The number of alkyl halides is 1. The maximum absolute atomic E-state index is 11.0. The first-order valence-corrected chi connectivity index (χ1v) is 6.46. The molecule has 1 N–H and O–H groups in total. The molecular weight excluding hydrogens is 206 g/mol. The molecule has 4 heteroatoms. The van der Waals surface area contributed by atoms with Crippen LogP contribution in [0.2, 0.25) is 0 Å². The standard InChI is InChI=1S/C9H16ClNOS/c1-13-8-4-2-3-7(5-8)11-9(12)6-10/h7-8H,2-6H2,1H3,(H,11,12). The van der Waals surface area contributed by atoms with Gasteiger partial charge in [0.15, 0.2) is 0 Å². The van der Waals surface area contributed by atoms with Gasteiger partial charge in [0.25, 0.3) is 0 Å². The van der Waals surface area contributed by atoms with Crippen molar-refractivity contribution in [2.75, 3.05) is 12.1 Å². The summed E-state index contributed by atoms with van der Waals surface area (Å²) < 4.78 is 0. The topological polar surface area (TPSA) is 29.1 Å². The Hall–Kier alpha value is 0.110. The van der Waals surface area contributed by atoms with E-state index >= 15 is 0 Å². The Labute approximate surface area is 88.8 Å². The van der Waals surface area contributed by atoms with Crippen LogP contribution in [0, 0.1) is 0 Å². The van der Waals surface area contributed by atoms with Crippen LogP contribution >= 0.6 is 23.4 Å². The fourth-order valence-corrected chi connectivity index (χ4v) is 2.66. The highest BCUT2D eigenvalue weighted by Crippen LogP contribution is 2.26. The summed E-state index contributed by atoms with van der Waals surface area (Å²) in [5.74, 6) is 0.0499. The lowest BCUT2D eigenvalue weighted by Gasteiger charge is -2.28. The smallest absolute Gasteiger partial charge is 0.235 e. The van der Waals surface area contributed by atoms with Crippen LogP contribution in [-0.4, -0.2) is 29.3 Å². The van der Waals surface area contributed by atoms with Crippen LogP contribution in [0.1, 0.15) is 25.7 Å². The number of amides is 1. The lowest BCUT2D eigenvalue weighted by molar-refractivity contribution is -0.119. The van der Waals surface area contributed by atoms with Crippen LogP contribution in [0.25, 0.3) is 0 Å². The van der Waals surface area contributed by atoms with Crippen LogP contribution < -0.4 is 5.32 Å². The molecule has 0 radical (unpaired) electrons. The summed E-state index contributed by atoms with van der Waals surface area (Å²) in [5.41, 5.74) is 0. The van der Waals surface area contributed by atoms with E-state index in [1.807, 2.05) is 11.8 Å². The van der Waals surface area contributed by atoms with Crippen molar-refractivity contribution in [2.24, 2.45) is 0 Å². The molecule has 1 rings (SSSR count). The molecular formula is C9H16ClNOS. The van der Waals surface area contributed by atoms with E-state index in [-0.39, 0.29) is 11.8 Å². The first kappa shape index (κ1) is 11.2. The summed E-state index contributed by atoms with van der Waals surface area (Å²) in [4.78, 5) is 11.0. The SMILES string of the molecule is CSC1CCCC(NC(=O)CCl)C1. The zero-order chi connectivity index (χ0) is 9.68. The van der Waals surface area contributed by atoms with Crippen molar-refractivity contribution in [2.45, 2.75) is 37.0 Å². The zero-order valence-electron chi connectivity index (χ0n) is 7.88. The normalized spacial score (nSPS) is 28.5. The minimum absolute atomic E-state index is 0.0339. The largest absolute Gasteiger partial charge is 0.352 e. The molecule has 0 aromatic carbocycles. The third-order valence-electron chi connectivity index (χ3n) is 2.45. The van der Waals surface area contributed by atoms with Gasteiger partial charge in [-0.1, -0.05) is 6.42 Å². The molecule has 0 saturated heterocycles. The second-order valence-corrected chi connectivity index (χ2v) is 4.83. The number of hydrogen-bond acceptors (Lipinski definition) is 2. The van der Waals surface area contributed by atoms with E-state index in [0.29, 0.717) is 6.04 Å². The molecule has 0 bridgehead atoms. The van der Waals surface area contributed by atoms with Gasteiger partial charge in [-0.2, -0.15) is 11.8 Å². The van der Waals surface area contributed by atoms with Gasteiger partial charge in [0.05, 0.1) is 0 Å². The molecule has 1 aliphatic carbocycles. The number of thioether (sulfide) groups is 1. The van der Waals surface area contributed by atoms with Crippen molar-refractivity contribution >= 4 is 29.3 Å². The summed E-state index contributed by atoms with van der Waals surface area (Å²) >= 11 is 7.32. The van der Waals surface area contributed by atoms with Gasteiger partial charge >= 0.3 is 0 Å². The molecule has 0 aromatic rings. The van der Waals surface area contributed by atoms with Gasteiger partial charge < -0.3 is 5.32 Å². The molecule has 0 aromatic heterocycles. The Balaban J connectivity index is 2.29. The van der Waals surface area contributed by atoms with E-state index in [1.165, 1.54) is 12.8 Å². The molecule has 1 saturated carbocycles. The number of hydrogen-bond donors (Lipinski definition) is 1. The summed E-state index contributed by atoms with van der Waals surface area (Å²) in [6.45, 7) is 0. The number of nitrogens with one attached hydrogen (secondary N) is 1. The van der Waals surface area contributed by atoms with Gasteiger partial charge in [-0.05, 0) is 25.5 Å². The van der Waals surface area contributed by atoms with Gasteiger partial charge in [0, 0.05) is 11.3 Å². The molecule has 0 spiro atoms. The molecule has 2 atom stereocenters. The van der Waals surface area contributed by atoms with Gasteiger partial charge in [0.2, 0.25) is 5.91 Å². The Morgan fingerprint density at radius 1 is 1.62 bits per heavy atom.